The van der Waals surface area contributed by atoms with Crippen LogP contribution in [0.3, 0.4) is 0 Å². The first-order valence-corrected chi connectivity index (χ1v) is 6.08. The van der Waals surface area contributed by atoms with E-state index in [1.165, 1.54) is 24.9 Å². The van der Waals surface area contributed by atoms with Crippen LogP contribution >= 0.6 is 0 Å². The number of nitrogens with zero attached hydrogens (tertiary/aromatic N) is 1. The van der Waals surface area contributed by atoms with E-state index in [4.69, 9.17) is 10.5 Å². The van der Waals surface area contributed by atoms with E-state index in [0.29, 0.717) is 6.61 Å². The van der Waals surface area contributed by atoms with Crippen molar-refractivity contribution in [3.63, 3.8) is 0 Å². The fourth-order valence-corrected chi connectivity index (χ4v) is 2.19. The highest BCUT2D eigenvalue weighted by molar-refractivity contribution is 5.60. The van der Waals surface area contributed by atoms with Gasteiger partial charge < -0.3 is 15.4 Å². The number of hydrogen-bond acceptors (Lipinski definition) is 3. The Morgan fingerprint density at radius 2 is 1.94 bits per heavy atom. The van der Waals surface area contributed by atoms with Crippen molar-refractivity contribution in [3.05, 3.63) is 18.2 Å². The first kappa shape index (κ1) is 11.1. The number of anilines is 2. The van der Waals surface area contributed by atoms with Gasteiger partial charge in [-0.05, 0) is 32.3 Å². The first-order valence-electron chi connectivity index (χ1n) is 6.08. The topological polar surface area (TPSA) is 38.5 Å². The average Bonchev–Trinajstić information content (AvgIpc) is 2.30. The summed E-state index contributed by atoms with van der Waals surface area (Å²) in [4.78, 5) is 2.39. The summed E-state index contributed by atoms with van der Waals surface area (Å²) < 4.78 is 5.51. The smallest absolute Gasteiger partial charge is 0.123 e. The lowest BCUT2D eigenvalue weighted by molar-refractivity contribution is 0.340. The zero-order valence-electron chi connectivity index (χ0n) is 9.91. The molecule has 2 N–H and O–H groups in total. The van der Waals surface area contributed by atoms with E-state index in [9.17, 15) is 0 Å². The van der Waals surface area contributed by atoms with Crippen LogP contribution in [0.2, 0.25) is 0 Å². The molecule has 0 spiro atoms. The summed E-state index contributed by atoms with van der Waals surface area (Å²) in [6.07, 6.45) is 3.90. The first-order chi connectivity index (χ1) is 7.79. The van der Waals surface area contributed by atoms with Crippen molar-refractivity contribution >= 4 is 11.4 Å². The number of piperidine rings is 1. The molecule has 0 amide bonds. The van der Waals surface area contributed by atoms with Gasteiger partial charge in [0, 0.05) is 36.6 Å². The molecule has 1 aromatic carbocycles. The van der Waals surface area contributed by atoms with E-state index in [1.807, 2.05) is 19.1 Å². The molecule has 2 rings (SSSR count). The molecule has 0 bridgehead atoms. The van der Waals surface area contributed by atoms with Crippen LogP contribution in [-0.2, 0) is 0 Å². The number of hydrogen-bond donors (Lipinski definition) is 1. The maximum atomic E-state index is 5.89. The molecule has 88 valence electrons. The van der Waals surface area contributed by atoms with Gasteiger partial charge in [0.15, 0.2) is 0 Å². The summed E-state index contributed by atoms with van der Waals surface area (Å²) in [6, 6.07) is 6.01. The minimum absolute atomic E-state index is 0.683. The highest BCUT2D eigenvalue weighted by Crippen LogP contribution is 2.27. The molecule has 1 aliphatic rings. The minimum Gasteiger partial charge on any atom is -0.494 e. The lowest BCUT2D eigenvalue weighted by Crippen LogP contribution is -2.29. The summed E-state index contributed by atoms with van der Waals surface area (Å²) in [5, 5.41) is 0. The van der Waals surface area contributed by atoms with Gasteiger partial charge in [-0.1, -0.05) is 0 Å². The molecule has 0 aromatic heterocycles. The molecule has 1 aromatic rings. The monoisotopic (exact) mass is 220 g/mol. The summed E-state index contributed by atoms with van der Waals surface area (Å²) >= 11 is 0. The van der Waals surface area contributed by atoms with Crippen LogP contribution in [0, 0.1) is 0 Å². The lowest BCUT2D eigenvalue weighted by Gasteiger charge is -2.29. The van der Waals surface area contributed by atoms with E-state index in [0.717, 1.165) is 24.5 Å². The second kappa shape index (κ2) is 5.10. The van der Waals surface area contributed by atoms with Gasteiger partial charge in [-0.25, -0.2) is 0 Å². The zero-order valence-corrected chi connectivity index (χ0v) is 9.91. The van der Waals surface area contributed by atoms with E-state index < -0.39 is 0 Å². The summed E-state index contributed by atoms with van der Waals surface area (Å²) in [7, 11) is 0. The molecule has 3 nitrogen and oxygen atoms in total. The van der Waals surface area contributed by atoms with Gasteiger partial charge in [-0.2, -0.15) is 0 Å². The number of nitrogens with two attached hydrogens (primary N) is 1. The Bertz CT molecular complexity index is 346. The Balaban J connectivity index is 2.18. The van der Waals surface area contributed by atoms with Crippen LogP contribution in [0.25, 0.3) is 0 Å². The van der Waals surface area contributed by atoms with Crippen LogP contribution in [0.15, 0.2) is 18.2 Å². The molecule has 0 saturated carbocycles. The highest BCUT2D eigenvalue weighted by Gasteiger charge is 2.12. The number of ether oxygens (including phenoxy) is 1. The number of nitrogen functional groups attached to an aromatic ring is 1. The van der Waals surface area contributed by atoms with Crippen molar-refractivity contribution < 1.29 is 4.74 Å². The Labute approximate surface area is 97.2 Å². The summed E-state index contributed by atoms with van der Waals surface area (Å²) in [5.41, 5.74) is 7.87. The van der Waals surface area contributed by atoms with Crippen molar-refractivity contribution in [2.24, 2.45) is 0 Å². The number of rotatable bonds is 3. The predicted octanol–water partition coefficient (Wildman–Crippen LogP) is 2.66. The molecule has 16 heavy (non-hydrogen) atoms. The van der Waals surface area contributed by atoms with Crippen molar-refractivity contribution in [1.29, 1.82) is 0 Å². The van der Waals surface area contributed by atoms with Crippen LogP contribution in [-0.4, -0.2) is 19.7 Å². The molecule has 1 aliphatic heterocycles. The van der Waals surface area contributed by atoms with Gasteiger partial charge in [-0.15, -0.1) is 0 Å². The fourth-order valence-electron chi connectivity index (χ4n) is 2.19. The van der Waals surface area contributed by atoms with Crippen LogP contribution < -0.4 is 15.4 Å². The van der Waals surface area contributed by atoms with Gasteiger partial charge in [0.1, 0.15) is 5.75 Å². The van der Waals surface area contributed by atoms with E-state index in [1.54, 1.807) is 0 Å². The van der Waals surface area contributed by atoms with Crippen molar-refractivity contribution in [2.45, 2.75) is 26.2 Å². The van der Waals surface area contributed by atoms with Gasteiger partial charge >= 0.3 is 0 Å². The molecule has 0 aliphatic carbocycles. The lowest BCUT2D eigenvalue weighted by atomic mass is 10.1. The molecular weight excluding hydrogens is 200 g/mol. The van der Waals surface area contributed by atoms with Gasteiger partial charge in [-0.3, -0.25) is 0 Å². The average molecular weight is 220 g/mol. The Kier molecular flexibility index (Phi) is 3.54. The molecule has 1 heterocycles. The standard InChI is InChI=1S/C13H20N2O/c1-2-16-13-9-11(14)8-12(10-13)15-6-4-3-5-7-15/h8-10H,2-7,14H2,1H3. The second-order valence-corrected chi connectivity index (χ2v) is 4.24. The molecule has 0 unspecified atom stereocenters. The van der Waals surface area contributed by atoms with Crippen LogP contribution in [0.5, 0.6) is 5.75 Å². The van der Waals surface area contributed by atoms with Crippen molar-refractivity contribution in [1.82, 2.24) is 0 Å². The normalized spacial score (nSPS) is 16.2. The molecular formula is C13H20N2O. The SMILES string of the molecule is CCOc1cc(N)cc(N2CCCCC2)c1. The summed E-state index contributed by atoms with van der Waals surface area (Å²) in [5.74, 6) is 0.878. The molecule has 3 heteroatoms. The Morgan fingerprint density at radius 3 is 2.62 bits per heavy atom. The van der Waals surface area contributed by atoms with Crippen LogP contribution in [0.1, 0.15) is 26.2 Å². The van der Waals surface area contributed by atoms with Crippen molar-refractivity contribution in [2.75, 3.05) is 30.3 Å². The molecule has 1 saturated heterocycles. The van der Waals surface area contributed by atoms with E-state index in [-0.39, 0.29) is 0 Å². The molecule has 1 fully saturated rings. The van der Waals surface area contributed by atoms with E-state index in [2.05, 4.69) is 11.0 Å². The Hall–Kier alpha value is -1.38. The number of benzene rings is 1. The van der Waals surface area contributed by atoms with E-state index >= 15 is 0 Å². The fraction of sp³-hybridized carbons (Fsp3) is 0.538. The molecule has 0 atom stereocenters. The molecule has 0 radical (unpaired) electrons. The maximum absolute atomic E-state index is 5.89. The third kappa shape index (κ3) is 2.60. The zero-order chi connectivity index (χ0) is 11.4. The highest BCUT2D eigenvalue weighted by atomic mass is 16.5. The van der Waals surface area contributed by atoms with Gasteiger partial charge in [0.2, 0.25) is 0 Å². The van der Waals surface area contributed by atoms with Gasteiger partial charge in [0.25, 0.3) is 0 Å². The van der Waals surface area contributed by atoms with Gasteiger partial charge in [0.05, 0.1) is 6.61 Å². The van der Waals surface area contributed by atoms with Crippen molar-refractivity contribution in [3.8, 4) is 5.75 Å². The second-order valence-electron chi connectivity index (χ2n) is 4.24. The third-order valence-electron chi connectivity index (χ3n) is 2.95. The predicted molar refractivity (Wildman–Crippen MR) is 68.1 cm³/mol. The third-order valence-corrected chi connectivity index (χ3v) is 2.95. The van der Waals surface area contributed by atoms with Crippen LogP contribution in [0.4, 0.5) is 11.4 Å². The summed E-state index contributed by atoms with van der Waals surface area (Å²) in [6.45, 7) is 4.94. The quantitative estimate of drug-likeness (QED) is 0.796. The Morgan fingerprint density at radius 1 is 1.19 bits per heavy atom. The maximum Gasteiger partial charge on any atom is 0.123 e. The minimum atomic E-state index is 0.683. The largest absolute Gasteiger partial charge is 0.494 e.